The average Bonchev–Trinajstić information content (AvgIpc) is 2.30. The lowest BCUT2D eigenvalue weighted by atomic mass is 10.3. The van der Waals surface area contributed by atoms with Gasteiger partial charge in [-0.3, -0.25) is 0 Å². The maximum atomic E-state index is 5.58. The molecule has 1 heterocycles. The van der Waals surface area contributed by atoms with Crippen LogP contribution in [-0.4, -0.2) is 17.1 Å². The van der Waals surface area contributed by atoms with Crippen LogP contribution in [0.2, 0.25) is 0 Å². The third-order valence-electron chi connectivity index (χ3n) is 1.89. The number of hydrogen-bond donors (Lipinski definition) is 0. The molecule has 2 rings (SSSR count). The molecule has 0 atom stereocenters. The Balaban J connectivity index is 2.26. The zero-order valence-corrected chi connectivity index (χ0v) is 10.1. The third-order valence-corrected chi connectivity index (χ3v) is 2.33. The minimum absolute atomic E-state index is 0.464. The molecule has 5 heteroatoms. The summed E-state index contributed by atoms with van der Waals surface area (Å²) in [6.45, 7) is 0. The van der Waals surface area contributed by atoms with E-state index in [-0.39, 0.29) is 0 Å². The van der Waals surface area contributed by atoms with E-state index in [1.54, 1.807) is 13.2 Å². The van der Waals surface area contributed by atoms with Crippen LogP contribution >= 0.6 is 15.9 Å². The molecule has 82 valence electrons. The second kappa shape index (κ2) is 4.94. The summed E-state index contributed by atoms with van der Waals surface area (Å²) in [7, 11) is 1.60. The molecule has 2 aromatic rings. The second-order valence-corrected chi connectivity index (χ2v) is 3.74. The first-order valence-corrected chi connectivity index (χ1v) is 5.37. The van der Waals surface area contributed by atoms with E-state index in [0.717, 1.165) is 0 Å². The standard InChI is InChI=1S/C11H9BrN2O2/c1-15-8-4-2-3-5-9(8)16-11-6-10(12)13-7-14-11/h2-7H,1H3. The highest BCUT2D eigenvalue weighted by Crippen LogP contribution is 2.30. The predicted molar refractivity (Wildman–Crippen MR) is 62.8 cm³/mol. The van der Waals surface area contributed by atoms with Gasteiger partial charge < -0.3 is 9.47 Å². The lowest BCUT2D eigenvalue weighted by molar-refractivity contribution is 0.373. The number of halogens is 1. The fraction of sp³-hybridized carbons (Fsp3) is 0.0909. The third kappa shape index (κ3) is 2.49. The Labute approximate surface area is 101 Å². The van der Waals surface area contributed by atoms with Crippen molar-refractivity contribution in [2.45, 2.75) is 0 Å². The lowest BCUT2D eigenvalue weighted by Gasteiger charge is -2.08. The van der Waals surface area contributed by atoms with Gasteiger partial charge in [-0.1, -0.05) is 12.1 Å². The molecule has 0 unspecified atom stereocenters. The Morgan fingerprint density at radius 3 is 2.56 bits per heavy atom. The first kappa shape index (κ1) is 10.9. The summed E-state index contributed by atoms with van der Waals surface area (Å²) in [4.78, 5) is 7.91. The molecule has 0 bridgehead atoms. The molecular weight excluding hydrogens is 272 g/mol. The van der Waals surface area contributed by atoms with E-state index < -0.39 is 0 Å². The van der Waals surface area contributed by atoms with Crippen LogP contribution in [-0.2, 0) is 0 Å². The maximum absolute atomic E-state index is 5.58. The molecule has 16 heavy (non-hydrogen) atoms. The maximum Gasteiger partial charge on any atom is 0.223 e. The molecule has 0 aliphatic rings. The minimum atomic E-state index is 0.464. The van der Waals surface area contributed by atoms with Crippen LogP contribution in [0.15, 0.2) is 41.3 Å². The van der Waals surface area contributed by atoms with Crippen molar-refractivity contribution in [2.75, 3.05) is 7.11 Å². The lowest BCUT2D eigenvalue weighted by Crippen LogP contribution is -1.92. The van der Waals surface area contributed by atoms with Crippen molar-refractivity contribution in [3.8, 4) is 17.4 Å². The minimum Gasteiger partial charge on any atom is -0.493 e. The summed E-state index contributed by atoms with van der Waals surface area (Å²) in [5.74, 6) is 1.75. The van der Waals surface area contributed by atoms with E-state index in [2.05, 4.69) is 25.9 Å². The SMILES string of the molecule is COc1ccccc1Oc1cc(Br)ncn1. The molecule has 1 aromatic carbocycles. The summed E-state index contributed by atoms with van der Waals surface area (Å²) < 4.78 is 11.4. The molecule has 0 spiro atoms. The largest absolute Gasteiger partial charge is 0.493 e. The highest BCUT2D eigenvalue weighted by atomic mass is 79.9. The smallest absolute Gasteiger partial charge is 0.223 e. The number of aromatic nitrogens is 2. The molecule has 0 amide bonds. The topological polar surface area (TPSA) is 44.2 Å². The molecular formula is C11H9BrN2O2. The number of benzene rings is 1. The van der Waals surface area contributed by atoms with Crippen LogP contribution in [0.4, 0.5) is 0 Å². The van der Waals surface area contributed by atoms with Crippen LogP contribution in [0, 0.1) is 0 Å². The van der Waals surface area contributed by atoms with E-state index in [9.17, 15) is 0 Å². The molecule has 0 N–H and O–H groups in total. The molecule has 0 saturated carbocycles. The normalized spacial score (nSPS) is 9.88. The van der Waals surface area contributed by atoms with Gasteiger partial charge in [0.2, 0.25) is 5.88 Å². The Morgan fingerprint density at radius 1 is 1.12 bits per heavy atom. The molecule has 0 aliphatic heterocycles. The first-order chi connectivity index (χ1) is 7.79. The van der Waals surface area contributed by atoms with Gasteiger partial charge in [0.25, 0.3) is 0 Å². The van der Waals surface area contributed by atoms with Crippen LogP contribution in [0.5, 0.6) is 17.4 Å². The van der Waals surface area contributed by atoms with Gasteiger partial charge in [0, 0.05) is 6.07 Å². The van der Waals surface area contributed by atoms with E-state index in [4.69, 9.17) is 9.47 Å². The second-order valence-electron chi connectivity index (χ2n) is 2.93. The number of para-hydroxylation sites is 2. The Hall–Kier alpha value is -1.62. The summed E-state index contributed by atoms with van der Waals surface area (Å²) in [6, 6.07) is 9.07. The molecule has 4 nitrogen and oxygen atoms in total. The van der Waals surface area contributed by atoms with Gasteiger partial charge in [-0.05, 0) is 28.1 Å². The van der Waals surface area contributed by atoms with E-state index in [1.165, 1.54) is 6.33 Å². The van der Waals surface area contributed by atoms with E-state index in [0.29, 0.717) is 22.0 Å². The van der Waals surface area contributed by atoms with E-state index >= 15 is 0 Å². The molecule has 1 aromatic heterocycles. The fourth-order valence-electron chi connectivity index (χ4n) is 1.19. The van der Waals surface area contributed by atoms with Crippen LogP contribution in [0.25, 0.3) is 0 Å². The van der Waals surface area contributed by atoms with Crippen molar-refractivity contribution in [3.05, 3.63) is 41.3 Å². The number of hydrogen-bond acceptors (Lipinski definition) is 4. The molecule has 0 saturated heterocycles. The number of methoxy groups -OCH3 is 1. The summed E-state index contributed by atoms with van der Waals surface area (Å²) in [5.41, 5.74) is 0. The van der Waals surface area contributed by atoms with Crippen LogP contribution < -0.4 is 9.47 Å². The van der Waals surface area contributed by atoms with Crippen molar-refractivity contribution < 1.29 is 9.47 Å². The average molecular weight is 281 g/mol. The zero-order chi connectivity index (χ0) is 11.4. The Bertz CT molecular complexity index is 491. The van der Waals surface area contributed by atoms with Crippen LogP contribution in [0.3, 0.4) is 0 Å². The highest BCUT2D eigenvalue weighted by Gasteiger charge is 2.05. The quantitative estimate of drug-likeness (QED) is 0.811. The number of rotatable bonds is 3. The first-order valence-electron chi connectivity index (χ1n) is 4.58. The van der Waals surface area contributed by atoms with E-state index in [1.807, 2.05) is 24.3 Å². The predicted octanol–water partition coefficient (Wildman–Crippen LogP) is 3.04. The van der Waals surface area contributed by atoms with Gasteiger partial charge in [-0.25, -0.2) is 9.97 Å². The summed E-state index contributed by atoms with van der Waals surface area (Å²) in [6.07, 6.45) is 1.43. The van der Waals surface area contributed by atoms with Gasteiger partial charge in [-0.2, -0.15) is 0 Å². The van der Waals surface area contributed by atoms with Gasteiger partial charge in [-0.15, -0.1) is 0 Å². The summed E-state index contributed by atoms with van der Waals surface area (Å²) in [5, 5.41) is 0. The monoisotopic (exact) mass is 280 g/mol. The Kier molecular flexibility index (Phi) is 3.36. The molecule has 0 aliphatic carbocycles. The molecule has 0 radical (unpaired) electrons. The van der Waals surface area contributed by atoms with Crippen molar-refractivity contribution >= 4 is 15.9 Å². The van der Waals surface area contributed by atoms with Crippen molar-refractivity contribution in [1.82, 2.24) is 9.97 Å². The van der Waals surface area contributed by atoms with Gasteiger partial charge in [0.1, 0.15) is 10.9 Å². The molecule has 0 fully saturated rings. The fourth-order valence-corrected chi connectivity index (χ4v) is 1.48. The number of nitrogens with zero attached hydrogens (tertiary/aromatic N) is 2. The number of ether oxygens (including phenoxy) is 2. The zero-order valence-electron chi connectivity index (χ0n) is 8.55. The van der Waals surface area contributed by atoms with Gasteiger partial charge >= 0.3 is 0 Å². The van der Waals surface area contributed by atoms with Gasteiger partial charge in [0.05, 0.1) is 7.11 Å². The summed E-state index contributed by atoms with van der Waals surface area (Å²) >= 11 is 3.25. The van der Waals surface area contributed by atoms with Crippen molar-refractivity contribution in [1.29, 1.82) is 0 Å². The van der Waals surface area contributed by atoms with Crippen LogP contribution in [0.1, 0.15) is 0 Å². The van der Waals surface area contributed by atoms with Gasteiger partial charge in [0.15, 0.2) is 11.5 Å². The highest BCUT2D eigenvalue weighted by molar-refractivity contribution is 9.10. The Morgan fingerprint density at radius 2 is 1.88 bits per heavy atom. The van der Waals surface area contributed by atoms with Crippen molar-refractivity contribution in [2.24, 2.45) is 0 Å². The van der Waals surface area contributed by atoms with Crippen molar-refractivity contribution in [3.63, 3.8) is 0 Å².